The Morgan fingerprint density at radius 2 is 1.90 bits per heavy atom. The lowest BCUT2D eigenvalue weighted by molar-refractivity contribution is -0.148. The molecule has 6 nitrogen and oxygen atoms in total. The van der Waals surface area contributed by atoms with Crippen LogP contribution >= 0.6 is 0 Å². The molecule has 1 heterocycles. The fraction of sp³-hybridized carbons (Fsp3) is 0.867. The molecule has 1 saturated heterocycles. The highest BCUT2D eigenvalue weighted by Gasteiger charge is 2.41. The Hall–Kier alpha value is -1.30. The van der Waals surface area contributed by atoms with Crippen molar-refractivity contribution in [3.63, 3.8) is 0 Å². The molecule has 1 aliphatic heterocycles. The highest BCUT2D eigenvalue weighted by molar-refractivity contribution is 5.78. The summed E-state index contributed by atoms with van der Waals surface area (Å²) in [6.07, 6.45) is 7.60. The van der Waals surface area contributed by atoms with Gasteiger partial charge >= 0.3 is 12.0 Å². The Morgan fingerprint density at radius 3 is 2.52 bits per heavy atom. The third kappa shape index (κ3) is 4.59. The third-order valence-corrected chi connectivity index (χ3v) is 4.63. The van der Waals surface area contributed by atoms with Gasteiger partial charge in [0, 0.05) is 19.7 Å². The normalized spacial score (nSPS) is 24.5. The fourth-order valence-electron chi connectivity index (χ4n) is 3.21. The molecule has 21 heavy (non-hydrogen) atoms. The summed E-state index contributed by atoms with van der Waals surface area (Å²) in [7, 11) is 0. The molecule has 2 amide bonds. The Labute approximate surface area is 125 Å². The van der Waals surface area contributed by atoms with E-state index in [2.05, 4.69) is 10.6 Å². The van der Waals surface area contributed by atoms with E-state index in [0.29, 0.717) is 19.4 Å². The van der Waals surface area contributed by atoms with Gasteiger partial charge in [-0.2, -0.15) is 0 Å². The maximum Gasteiger partial charge on any atom is 0.314 e. The molecule has 6 heteroatoms. The summed E-state index contributed by atoms with van der Waals surface area (Å²) >= 11 is 0. The number of nitrogens with one attached hydrogen (secondary N) is 2. The largest absolute Gasteiger partial charge is 0.481 e. The van der Waals surface area contributed by atoms with Crippen LogP contribution in [0.2, 0.25) is 0 Å². The van der Waals surface area contributed by atoms with Crippen LogP contribution in [-0.4, -0.2) is 42.9 Å². The Morgan fingerprint density at radius 1 is 1.14 bits per heavy atom. The average Bonchev–Trinajstić information content (AvgIpc) is 2.96. The first-order valence-electron chi connectivity index (χ1n) is 7.99. The quantitative estimate of drug-likeness (QED) is 0.699. The van der Waals surface area contributed by atoms with E-state index in [1.54, 1.807) is 0 Å². The van der Waals surface area contributed by atoms with E-state index in [9.17, 15) is 14.7 Å². The molecule has 0 aromatic heterocycles. The number of ether oxygens (including phenoxy) is 1. The molecule has 1 saturated carbocycles. The standard InChI is InChI=1S/C15H26N2O4/c18-13(19)15(7-2-3-8-15)11-17-14(20)16-9-6-12-5-1-4-10-21-12/h12H,1-11H2,(H,18,19)(H2,16,17,20). The van der Waals surface area contributed by atoms with E-state index in [-0.39, 0.29) is 18.7 Å². The maximum absolute atomic E-state index is 11.8. The SMILES string of the molecule is O=C(NCCC1CCCCO1)NCC1(C(=O)O)CCCC1. The molecular weight excluding hydrogens is 272 g/mol. The minimum absolute atomic E-state index is 0.216. The topological polar surface area (TPSA) is 87.7 Å². The third-order valence-electron chi connectivity index (χ3n) is 4.63. The van der Waals surface area contributed by atoms with Crippen molar-refractivity contribution in [2.45, 2.75) is 57.5 Å². The number of carbonyl (C=O) groups is 2. The maximum atomic E-state index is 11.8. The summed E-state index contributed by atoms with van der Waals surface area (Å²) in [6.45, 7) is 1.60. The van der Waals surface area contributed by atoms with Crippen molar-refractivity contribution in [2.75, 3.05) is 19.7 Å². The molecule has 0 aromatic rings. The number of hydrogen-bond donors (Lipinski definition) is 3. The van der Waals surface area contributed by atoms with Crippen LogP contribution in [-0.2, 0) is 9.53 Å². The van der Waals surface area contributed by atoms with E-state index in [1.165, 1.54) is 6.42 Å². The second kappa shape index (κ2) is 7.64. The van der Waals surface area contributed by atoms with Crippen LogP contribution in [0.4, 0.5) is 4.79 Å². The number of carboxylic acid groups (broad SMARTS) is 1. The van der Waals surface area contributed by atoms with Gasteiger partial charge in [-0.25, -0.2) is 4.79 Å². The smallest absolute Gasteiger partial charge is 0.314 e. The van der Waals surface area contributed by atoms with E-state index in [0.717, 1.165) is 38.7 Å². The average molecular weight is 298 g/mol. The number of aliphatic carboxylic acids is 1. The summed E-state index contributed by atoms with van der Waals surface area (Å²) in [5.41, 5.74) is -0.760. The van der Waals surface area contributed by atoms with Gasteiger partial charge in [0.2, 0.25) is 0 Å². The van der Waals surface area contributed by atoms with E-state index >= 15 is 0 Å². The van der Waals surface area contributed by atoms with Gasteiger partial charge < -0.3 is 20.5 Å². The molecule has 1 aliphatic carbocycles. The van der Waals surface area contributed by atoms with Gasteiger partial charge in [0.25, 0.3) is 0 Å². The van der Waals surface area contributed by atoms with Crippen molar-refractivity contribution in [2.24, 2.45) is 5.41 Å². The zero-order chi connectivity index (χ0) is 15.1. The second-order valence-corrected chi connectivity index (χ2v) is 6.18. The summed E-state index contributed by atoms with van der Waals surface area (Å²) in [5.74, 6) is -0.795. The van der Waals surface area contributed by atoms with E-state index in [4.69, 9.17) is 4.74 Å². The summed E-state index contributed by atoms with van der Waals surface area (Å²) in [5, 5.41) is 14.8. The predicted octanol–water partition coefficient (Wildman–Crippen LogP) is 1.89. The number of rotatable bonds is 6. The Balaban J connectivity index is 1.63. The van der Waals surface area contributed by atoms with Crippen LogP contribution in [0.15, 0.2) is 0 Å². The van der Waals surface area contributed by atoms with Crippen LogP contribution in [0, 0.1) is 5.41 Å². The first kappa shape index (κ1) is 16.1. The molecule has 120 valence electrons. The molecule has 0 radical (unpaired) electrons. The van der Waals surface area contributed by atoms with Crippen molar-refractivity contribution in [1.29, 1.82) is 0 Å². The number of carboxylic acids is 1. The van der Waals surface area contributed by atoms with E-state index in [1.807, 2.05) is 0 Å². The summed E-state index contributed by atoms with van der Waals surface area (Å²) in [6, 6.07) is -0.279. The van der Waals surface area contributed by atoms with Gasteiger partial charge in [0.05, 0.1) is 11.5 Å². The molecule has 3 N–H and O–H groups in total. The van der Waals surface area contributed by atoms with Crippen LogP contribution in [0.1, 0.15) is 51.4 Å². The van der Waals surface area contributed by atoms with Crippen molar-refractivity contribution < 1.29 is 19.4 Å². The van der Waals surface area contributed by atoms with Crippen LogP contribution in [0.25, 0.3) is 0 Å². The lowest BCUT2D eigenvalue weighted by atomic mass is 9.86. The molecule has 2 rings (SSSR count). The Kier molecular flexibility index (Phi) is 5.85. The molecule has 0 aromatic carbocycles. The van der Waals surface area contributed by atoms with Crippen LogP contribution in [0.3, 0.4) is 0 Å². The van der Waals surface area contributed by atoms with Crippen molar-refractivity contribution >= 4 is 12.0 Å². The molecule has 2 aliphatic rings. The van der Waals surface area contributed by atoms with Gasteiger partial charge in [-0.05, 0) is 38.5 Å². The molecule has 0 spiro atoms. The monoisotopic (exact) mass is 298 g/mol. The van der Waals surface area contributed by atoms with Gasteiger partial charge in [0.1, 0.15) is 0 Å². The highest BCUT2D eigenvalue weighted by Crippen LogP contribution is 2.37. The molecular formula is C15H26N2O4. The second-order valence-electron chi connectivity index (χ2n) is 6.18. The predicted molar refractivity (Wildman–Crippen MR) is 78.1 cm³/mol. The first-order valence-corrected chi connectivity index (χ1v) is 7.99. The minimum Gasteiger partial charge on any atom is -0.481 e. The van der Waals surface area contributed by atoms with Crippen molar-refractivity contribution in [3.8, 4) is 0 Å². The molecule has 1 unspecified atom stereocenters. The fourth-order valence-corrected chi connectivity index (χ4v) is 3.21. The van der Waals surface area contributed by atoms with Crippen LogP contribution < -0.4 is 10.6 Å². The molecule has 2 fully saturated rings. The zero-order valence-electron chi connectivity index (χ0n) is 12.5. The molecule has 0 bridgehead atoms. The Bertz CT molecular complexity index is 361. The lowest BCUT2D eigenvalue weighted by Gasteiger charge is -2.24. The zero-order valence-corrected chi connectivity index (χ0v) is 12.5. The van der Waals surface area contributed by atoms with Crippen molar-refractivity contribution in [3.05, 3.63) is 0 Å². The van der Waals surface area contributed by atoms with Crippen molar-refractivity contribution in [1.82, 2.24) is 10.6 Å². The van der Waals surface area contributed by atoms with Gasteiger partial charge in [-0.3, -0.25) is 4.79 Å². The number of urea groups is 1. The summed E-state index contributed by atoms with van der Waals surface area (Å²) < 4.78 is 5.60. The highest BCUT2D eigenvalue weighted by atomic mass is 16.5. The summed E-state index contributed by atoms with van der Waals surface area (Å²) in [4.78, 5) is 23.1. The first-order chi connectivity index (χ1) is 10.1. The minimum atomic E-state index is -0.795. The number of hydrogen-bond acceptors (Lipinski definition) is 3. The van der Waals surface area contributed by atoms with Gasteiger partial charge in [-0.15, -0.1) is 0 Å². The lowest BCUT2D eigenvalue weighted by Crippen LogP contribution is -2.45. The van der Waals surface area contributed by atoms with E-state index < -0.39 is 11.4 Å². The number of amides is 2. The van der Waals surface area contributed by atoms with Gasteiger partial charge in [0.15, 0.2) is 0 Å². The van der Waals surface area contributed by atoms with Crippen LogP contribution in [0.5, 0.6) is 0 Å². The van der Waals surface area contributed by atoms with Gasteiger partial charge in [-0.1, -0.05) is 12.8 Å². The molecule has 1 atom stereocenters. The number of carbonyl (C=O) groups excluding carboxylic acids is 1.